The highest BCUT2D eigenvalue weighted by molar-refractivity contribution is 5.45. The van der Waals surface area contributed by atoms with Gasteiger partial charge < -0.3 is 10.2 Å². The standard InChI is InChI=1S/C19H24N4O2/c1-14-17(6-5-7-18(14)23(24)25)15(2)21-16-9-12-22(13-10-16)19-8-3-4-11-20-19/h3-8,11,15-16,21H,9-10,12-13H2,1-2H3/t15-/m0/s1. The third-order valence-electron chi connectivity index (χ3n) is 4.96. The molecular formula is C19H24N4O2. The van der Waals surface area contributed by atoms with Gasteiger partial charge in [0, 0.05) is 43.0 Å². The minimum atomic E-state index is -0.309. The molecule has 2 heterocycles. The maximum atomic E-state index is 11.1. The molecule has 1 aliphatic rings. The second-order valence-electron chi connectivity index (χ2n) is 6.59. The number of nitrogens with one attached hydrogen (secondary N) is 1. The Morgan fingerprint density at radius 2 is 2.00 bits per heavy atom. The van der Waals surface area contributed by atoms with Crippen LogP contribution in [0.3, 0.4) is 0 Å². The number of aromatic nitrogens is 1. The zero-order valence-corrected chi connectivity index (χ0v) is 14.7. The molecule has 1 aliphatic heterocycles. The van der Waals surface area contributed by atoms with E-state index in [1.165, 1.54) is 0 Å². The molecule has 0 amide bonds. The molecule has 0 aliphatic carbocycles. The summed E-state index contributed by atoms with van der Waals surface area (Å²) in [6, 6.07) is 11.8. The van der Waals surface area contributed by atoms with Crippen molar-refractivity contribution in [3.63, 3.8) is 0 Å². The molecule has 0 bridgehead atoms. The summed E-state index contributed by atoms with van der Waals surface area (Å²) >= 11 is 0. The van der Waals surface area contributed by atoms with Crippen LogP contribution in [0.4, 0.5) is 11.5 Å². The topological polar surface area (TPSA) is 71.3 Å². The summed E-state index contributed by atoms with van der Waals surface area (Å²) in [5.74, 6) is 1.03. The van der Waals surface area contributed by atoms with Crippen molar-refractivity contribution in [2.75, 3.05) is 18.0 Å². The first-order valence-corrected chi connectivity index (χ1v) is 8.72. The zero-order valence-electron chi connectivity index (χ0n) is 14.7. The molecule has 6 heteroatoms. The van der Waals surface area contributed by atoms with Gasteiger partial charge in [0.25, 0.3) is 5.69 Å². The summed E-state index contributed by atoms with van der Waals surface area (Å²) in [5.41, 5.74) is 1.94. The summed E-state index contributed by atoms with van der Waals surface area (Å²) in [5, 5.41) is 14.8. The van der Waals surface area contributed by atoms with E-state index in [-0.39, 0.29) is 16.7 Å². The monoisotopic (exact) mass is 340 g/mol. The Morgan fingerprint density at radius 3 is 2.64 bits per heavy atom. The lowest BCUT2D eigenvalue weighted by atomic mass is 9.98. The van der Waals surface area contributed by atoms with E-state index in [0.29, 0.717) is 6.04 Å². The largest absolute Gasteiger partial charge is 0.357 e. The molecule has 0 spiro atoms. The Balaban J connectivity index is 1.61. The normalized spacial score (nSPS) is 16.6. The van der Waals surface area contributed by atoms with Gasteiger partial charge in [-0.25, -0.2) is 4.98 Å². The van der Waals surface area contributed by atoms with E-state index in [2.05, 4.69) is 22.1 Å². The molecular weight excluding hydrogens is 316 g/mol. The van der Waals surface area contributed by atoms with E-state index >= 15 is 0 Å². The average molecular weight is 340 g/mol. The Labute approximate surface area is 148 Å². The number of pyridine rings is 1. The fourth-order valence-corrected chi connectivity index (χ4v) is 3.57. The van der Waals surface area contributed by atoms with Crippen molar-refractivity contribution < 1.29 is 4.92 Å². The molecule has 1 aromatic carbocycles. The summed E-state index contributed by atoms with van der Waals surface area (Å²) in [6.45, 7) is 5.84. The van der Waals surface area contributed by atoms with Crippen LogP contribution in [0, 0.1) is 17.0 Å². The number of rotatable bonds is 5. The van der Waals surface area contributed by atoms with Crippen molar-refractivity contribution in [1.29, 1.82) is 0 Å². The smallest absolute Gasteiger partial charge is 0.272 e. The van der Waals surface area contributed by atoms with Crippen molar-refractivity contribution in [1.82, 2.24) is 10.3 Å². The van der Waals surface area contributed by atoms with E-state index in [9.17, 15) is 10.1 Å². The van der Waals surface area contributed by atoms with E-state index in [0.717, 1.165) is 42.9 Å². The maximum Gasteiger partial charge on any atom is 0.272 e. The van der Waals surface area contributed by atoms with Gasteiger partial charge in [-0.2, -0.15) is 0 Å². The lowest BCUT2D eigenvalue weighted by Crippen LogP contribution is -2.43. The van der Waals surface area contributed by atoms with Gasteiger partial charge in [0.15, 0.2) is 0 Å². The van der Waals surface area contributed by atoms with Gasteiger partial charge in [-0.3, -0.25) is 10.1 Å². The second-order valence-corrected chi connectivity index (χ2v) is 6.59. The Hall–Kier alpha value is -2.47. The van der Waals surface area contributed by atoms with Crippen LogP contribution in [0.5, 0.6) is 0 Å². The van der Waals surface area contributed by atoms with Crippen molar-refractivity contribution in [2.45, 2.75) is 38.8 Å². The lowest BCUT2D eigenvalue weighted by Gasteiger charge is -2.34. The van der Waals surface area contributed by atoms with E-state index < -0.39 is 0 Å². The lowest BCUT2D eigenvalue weighted by molar-refractivity contribution is -0.385. The number of anilines is 1. The van der Waals surface area contributed by atoms with Gasteiger partial charge in [0.05, 0.1) is 4.92 Å². The Morgan fingerprint density at radius 1 is 1.24 bits per heavy atom. The van der Waals surface area contributed by atoms with Crippen LogP contribution in [-0.4, -0.2) is 29.0 Å². The molecule has 2 aromatic rings. The summed E-state index contributed by atoms with van der Waals surface area (Å²) in [6.07, 6.45) is 3.90. The van der Waals surface area contributed by atoms with E-state index in [4.69, 9.17) is 0 Å². The fourth-order valence-electron chi connectivity index (χ4n) is 3.57. The molecule has 0 radical (unpaired) electrons. The fraction of sp³-hybridized carbons (Fsp3) is 0.421. The molecule has 1 N–H and O–H groups in total. The van der Waals surface area contributed by atoms with Gasteiger partial charge in [0.2, 0.25) is 0 Å². The zero-order chi connectivity index (χ0) is 17.8. The first-order valence-electron chi connectivity index (χ1n) is 8.72. The van der Waals surface area contributed by atoms with Crippen molar-refractivity contribution in [2.24, 2.45) is 0 Å². The average Bonchev–Trinajstić information content (AvgIpc) is 2.63. The predicted molar refractivity (Wildman–Crippen MR) is 98.9 cm³/mol. The van der Waals surface area contributed by atoms with Crippen LogP contribution in [0.2, 0.25) is 0 Å². The highest BCUT2D eigenvalue weighted by Gasteiger charge is 2.23. The number of piperidine rings is 1. The number of nitro groups is 1. The van der Waals surface area contributed by atoms with Gasteiger partial charge in [-0.05, 0) is 44.4 Å². The molecule has 1 atom stereocenters. The summed E-state index contributed by atoms with van der Waals surface area (Å²) in [4.78, 5) is 17.5. The quantitative estimate of drug-likeness (QED) is 0.665. The van der Waals surface area contributed by atoms with Gasteiger partial charge >= 0.3 is 0 Å². The minimum absolute atomic E-state index is 0.0892. The number of benzene rings is 1. The highest BCUT2D eigenvalue weighted by atomic mass is 16.6. The molecule has 132 valence electrons. The molecule has 25 heavy (non-hydrogen) atoms. The first-order chi connectivity index (χ1) is 12.1. The number of nitro benzene ring substituents is 1. The Kier molecular flexibility index (Phi) is 5.28. The van der Waals surface area contributed by atoms with Crippen molar-refractivity contribution in [3.8, 4) is 0 Å². The SMILES string of the molecule is Cc1c([C@H](C)NC2CCN(c3ccccn3)CC2)cccc1[N+](=O)[O-]. The molecule has 1 saturated heterocycles. The first kappa shape index (κ1) is 17.4. The van der Waals surface area contributed by atoms with Crippen LogP contribution in [0.25, 0.3) is 0 Å². The number of nitrogens with zero attached hydrogens (tertiary/aromatic N) is 3. The van der Waals surface area contributed by atoms with Gasteiger partial charge in [-0.15, -0.1) is 0 Å². The second kappa shape index (κ2) is 7.61. The van der Waals surface area contributed by atoms with Crippen molar-refractivity contribution >= 4 is 11.5 Å². The number of hydrogen-bond donors (Lipinski definition) is 1. The van der Waals surface area contributed by atoms with E-state index in [1.807, 2.05) is 37.4 Å². The third-order valence-corrected chi connectivity index (χ3v) is 4.96. The molecule has 3 rings (SSSR count). The number of hydrogen-bond acceptors (Lipinski definition) is 5. The van der Waals surface area contributed by atoms with E-state index in [1.54, 1.807) is 12.1 Å². The summed E-state index contributed by atoms with van der Waals surface area (Å²) < 4.78 is 0. The van der Waals surface area contributed by atoms with Crippen LogP contribution >= 0.6 is 0 Å². The van der Waals surface area contributed by atoms with Crippen LogP contribution in [0.15, 0.2) is 42.6 Å². The minimum Gasteiger partial charge on any atom is -0.357 e. The maximum absolute atomic E-state index is 11.1. The molecule has 1 aromatic heterocycles. The molecule has 6 nitrogen and oxygen atoms in total. The molecule has 0 unspecified atom stereocenters. The van der Waals surface area contributed by atoms with Crippen LogP contribution in [-0.2, 0) is 0 Å². The predicted octanol–water partition coefficient (Wildman–Crippen LogP) is 3.62. The van der Waals surface area contributed by atoms with Crippen LogP contribution < -0.4 is 10.2 Å². The van der Waals surface area contributed by atoms with Crippen LogP contribution in [0.1, 0.15) is 36.9 Å². The third kappa shape index (κ3) is 3.96. The van der Waals surface area contributed by atoms with Gasteiger partial charge in [0.1, 0.15) is 5.82 Å². The highest BCUT2D eigenvalue weighted by Crippen LogP contribution is 2.27. The molecule has 0 saturated carbocycles. The van der Waals surface area contributed by atoms with Gasteiger partial charge in [-0.1, -0.05) is 18.2 Å². The van der Waals surface area contributed by atoms with Crippen molar-refractivity contribution in [3.05, 3.63) is 63.8 Å². The summed E-state index contributed by atoms with van der Waals surface area (Å²) in [7, 11) is 0. The molecule has 1 fully saturated rings. The Bertz CT molecular complexity index is 727.